The van der Waals surface area contributed by atoms with Gasteiger partial charge in [-0.15, -0.1) is 0 Å². The van der Waals surface area contributed by atoms with Gasteiger partial charge in [0.15, 0.2) is 0 Å². The molecule has 0 aliphatic carbocycles. The molecule has 1 amide bonds. The topological polar surface area (TPSA) is 58.4 Å². The van der Waals surface area contributed by atoms with Crippen molar-refractivity contribution in [1.29, 1.82) is 0 Å². The third-order valence-electron chi connectivity index (χ3n) is 1.80. The SMILES string of the molecule is CCCN(CC)CCC(=O)NN. The van der Waals surface area contributed by atoms with Crippen molar-refractivity contribution in [1.82, 2.24) is 10.3 Å². The second-order valence-corrected chi connectivity index (χ2v) is 2.75. The lowest BCUT2D eigenvalue weighted by atomic mass is 10.3. The molecule has 3 N–H and O–H groups in total. The average Bonchev–Trinajstić information content (AvgIpc) is 2.11. The van der Waals surface area contributed by atoms with Crippen molar-refractivity contribution in [2.24, 2.45) is 5.84 Å². The molecule has 0 saturated carbocycles. The summed E-state index contributed by atoms with van der Waals surface area (Å²) in [4.78, 5) is 13.0. The Balaban J connectivity index is 3.50. The second kappa shape index (κ2) is 7.06. The number of hydrazine groups is 1. The number of rotatable bonds is 6. The van der Waals surface area contributed by atoms with Crippen molar-refractivity contribution in [2.75, 3.05) is 19.6 Å². The van der Waals surface area contributed by atoms with Crippen LogP contribution in [0.15, 0.2) is 0 Å². The van der Waals surface area contributed by atoms with Crippen LogP contribution in [0.4, 0.5) is 0 Å². The maximum absolute atomic E-state index is 10.8. The number of nitrogens with two attached hydrogens (primary N) is 1. The van der Waals surface area contributed by atoms with E-state index < -0.39 is 0 Å². The van der Waals surface area contributed by atoms with Crippen molar-refractivity contribution < 1.29 is 4.79 Å². The van der Waals surface area contributed by atoms with Crippen LogP contribution in [0.5, 0.6) is 0 Å². The lowest BCUT2D eigenvalue weighted by Gasteiger charge is -2.18. The standard InChI is InChI=1S/C8H19N3O/c1-3-6-11(4-2)7-5-8(12)10-9/h3-7,9H2,1-2H3,(H,10,12). The molecule has 0 bridgehead atoms. The summed E-state index contributed by atoms with van der Waals surface area (Å²) in [6.45, 7) is 7.06. The summed E-state index contributed by atoms with van der Waals surface area (Å²) in [5.41, 5.74) is 2.12. The van der Waals surface area contributed by atoms with Gasteiger partial charge in [-0.25, -0.2) is 5.84 Å². The monoisotopic (exact) mass is 173 g/mol. The lowest BCUT2D eigenvalue weighted by molar-refractivity contribution is -0.121. The van der Waals surface area contributed by atoms with Gasteiger partial charge < -0.3 is 4.90 Å². The third-order valence-corrected chi connectivity index (χ3v) is 1.80. The van der Waals surface area contributed by atoms with Crippen molar-refractivity contribution >= 4 is 5.91 Å². The molecule has 0 radical (unpaired) electrons. The molecule has 0 heterocycles. The van der Waals surface area contributed by atoms with Gasteiger partial charge in [0.2, 0.25) is 5.91 Å². The largest absolute Gasteiger partial charge is 0.303 e. The molecule has 0 aliphatic heterocycles. The van der Waals surface area contributed by atoms with Crippen LogP contribution in [0.1, 0.15) is 26.7 Å². The van der Waals surface area contributed by atoms with Crippen LogP contribution in [0.2, 0.25) is 0 Å². The van der Waals surface area contributed by atoms with E-state index in [2.05, 4.69) is 24.2 Å². The quantitative estimate of drug-likeness (QED) is 0.340. The number of amides is 1. The number of nitrogens with zero attached hydrogens (tertiary/aromatic N) is 1. The summed E-state index contributed by atoms with van der Waals surface area (Å²) in [7, 11) is 0. The summed E-state index contributed by atoms with van der Waals surface area (Å²) in [6, 6.07) is 0. The summed E-state index contributed by atoms with van der Waals surface area (Å²) in [5.74, 6) is 4.86. The molecular formula is C8H19N3O. The molecule has 0 atom stereocenters. The van der Waals surface area contributed by atoms with E-state index in [1.54, 1.807) is 0 Å². The Bertz CT molecular complexity index is 127. The van der Waals surface area contributed by atoms with Crippen LogP contribution in [0.25, 0.3) is 0 Å². The van der Waals surface area contributed by atoms with E-state index in [0.717, 1.165) is 26.1 Å². The summed E-state index contributed by atoms with van der Waals surface area (Å²) in [5, 5.41) is 0. The van der Waals surface area contributed by atoms with Crippen LogP contribution in [-0.4, -0.2) is 30.4 Å². The molecule has 12 heavy (non-hydrogen) atoms. The lowest BCUT2D eigenvalue weighted by Crippen LogP contribution is -2.34. The zero-order chi connectivity index (χ0) is 9.40. The smallest absolute Gasteiger partial charge is 0.235 e. The van der Waals surface area contributed by atoms with Gasteiger partial charge in [-0.1, -0.05) is 13.8 Å². The maximum Gasteiger partial charge on any atom is 0.235 e. The van der Waals surface area contributed by atoms with E-state index in [1.165, 1.54) is 0 Å². The zero-order valence-electron chi connectivity index (χ0n) is 7.97. The van der Waals surface area contributed by atoms with Gasteiger partial charge in [-0.05, 0) is 19.5 Å². The molecule has 0 aromatic carbocycles. The molecule has 0 aliphatic rings. The number of carbonyl (C=O) groups is 1. The predicted octanol–water partition coefficient (Wildman–Crippen LogP) is 0.0983. The second-order valence-electron chi connectivity index (χ2n) is 2.75. The Morgan fingerprint density at radius 3 is 2.50 bits per heavy atom. The van der Waals surface area contributed by atoms with Crippen molar-refractivity contribution in [3.63, 3.8) is 0 Å². The van der Waals surface area contributed by atoms with Gasteiger partial charge in [0.05, 0.1) is 0 Å². The van der Waals surface area contributed by atoms with E-state index in [9.17, 15) is 4.79 Å². The third kappa shape index (κ3) is 5.09. The highest BCUT2D eigenvalue weighted by atomic mass is 16.2. The first-order chi connectivity index (χ1) is 5.74. The Morgan fingerprint density at radius 2 is 2.08 bits per heavy atom. The number of hydrogen-bond donors (Lipinski definition) is 2. The molecule has 0 rings (SSSR count). The van der Waals surface area contributed by atoms with Crippen LogP contribution in [-0.2, 0) is 4.79 Å². The van der Waals surface area contributed by atoms with Crippen molar-refractivity contribution in [3.8, 4) is 0 Å². The summed E-state index contributed by atoms with van der Waals surface area (Å²) in [6.07, 6.45) is 1.61. The molecule has 0 aromatic heterocycles. The van der Waals surface area contributed by atoms with Crippen molar-refractivity contribution in [3.05, 3.63) is 0 Å². The van der Waals surface area contributed by atoms with E-state index >= 15 is 0 Å². The summed E-state index contributed by atoms with van der Waals surface area (Å²) >= 11 is 0. The van der Waals surface area contributed by atoms with Crippen LogP contribution in [0, 0.1) is 0 Å². The molecule has 0 aromatic rings. The minimum atomic E-state index is -0.0930. The predicted molar refractivity (Wildman–Crippen MR) is 49.4 cm³/mol. The first-order valence-electron chi connectivity index (χ1n) is 4.46. The van der Waals surface area contributed by atoms with Gasteiger partial charge in [-0.2, -0.15) is 0 Å². The molecule has 4 heteroatoms. The van der Waals surface area contributed by atoms with Gasteiger partial charge in [-0.3, -0.25) is 10.2 Å². The molecule has 4 nitrogen and oxygen atoms in total. The number of hydrogen-bond acceptors (Lipinski definition) is 3. The first-order valence-corrected chi connectivity index (χ1v) is 4.46. The van der Waals surface area contributed by atoms with E-state index in [0.29, 0.717) is 6.42 Å². The fraction of sp³-hybridized carbons (Fsp3) is 0.875. The fourth-order valence-corrected chi connectivity index (χ4v) is 1.08. The van der Waals surface area contributed by atoms with Crippen LogP contribution < -0.4 is 11.3 Å². The molecule has 72 valence electrons. The highest BCUT2D eigenvalue weighted by molar-refractivity contribution is 5.75. The fourth-order valence-electron chi connectivity index (χ4n) is 1.08. The molecular weight excluding hydrogens is 154 g/mol. The Labute approximate surface area is 74.1 Å². The van der Waals surface area contributed by atoms with Crippen LogP contribution >= 0.6 is 0 Å². The number of nitrogens with one attached hydrogen (secondary N) is 1. The maximum atomic E-state index is 10.8. The Morgan fingerprint density at radius 1 is 1.42 bits per heavy atom. The Kier molecular flexibility index (Phi) is 6.70. The van der Waals surface area contributed by atoms with Crippen LogP contribution in [0.3, 0.4) is 0 Å². The van der Waals surface area contributed by atoms with Crippen molar-refractivity contribution in [2.45, 2.75) is 26.7 Å². The van der Waals surface area contributed by atoms with Gasteiger partial charge in [0, 0.05) is 13.0 Å². The van der Waals surface area contributed by atoms with E-state index in [-0.39, 0.29) is 5.91 Å². The molecule has 0 saturated heterocycles. The normalized spacial score (nSPS) is 10.3. The highest BCUT2D eigenvalue weighted by Gasteiger charge is 2.03. The summed E-state index contributed by atoms with van der Waals surface area (Å²) < 4.78 is 0. The van der Waals surface area contributed by atoms with Gasteiger partial charge in [0.25, 0.3) is 0 Å². The minimum absolute atomic E-state index is 0.0930. The molecule has 0 spiro atoms. The van der Waals surface area contributed by atoms with Gasteiger partial charge >= 0.3 is 0 Å². The zero-order valence-corrected chi connectivity index (χ0v) is 7.97. The first kappa shape index (κ1) is 11.4. The minimum Gasteiger partial charge on any atom is -0.303 e. The highest BCUT2D eigenvalue weighted by Crippen LogP contribution is 1.92. The number of carbonyl (C=O) groups excluding carboxylic acids is 1. The molecule has 0 fully saturated rings. The average molecular weight is 173 g/mol. The van der Waals surface area contributed by atoms with Gasteiger partial charge in [0.1, 0.15) is 0 Å². The van der Waals surface area contributed by atoms with E-state index in [4.69, 9.17) is 5.84 Å². The Hall–Kier alpha value is -0.610. The van der Waals surface area contributed by atoms with E-state index in [1.807, 2.05) is 0 Å². The molecule has 0 unspecified atom stereocenters.